The smallest absolute Gasteiger partial charge is 0.416 e. The van der Waals surface area contributed by atoms with E-state index in [1.54, 1.807) is 62.3 Å². The average molecular weight is 677 g/mol. The maximum Gasteiger partial charge on any atom is 0.416 e. The summed E-state index contributed by atoms with van der Waals surface area (Å²) in [5, 5.41) is 3.75. The molecule has 3 aromatic rings. The zero-order chi connectivity index (χ0) is 36.1. The fourth-order valence-electron chi connectivity index (χ4n) is 6.80. The Balaban J connectivity index is 1.73. The standard InChI is InChI=1S/C37H48N4O8/c1-34(2,3)47-31(43)38-20-19-23-22-39(26-17-13-11-15-24(23)26)37-21-28(29(42)46-10)41(33(45)49-36(7,8)9)30(37)40(32(44)48-35(4,5)6)27-18-14-12-16-25(27)37/h11-18,22,28,30H,19-21H2,1-10H3,(H,38,43)/t28-,30+,37-/m1/s1. The van der Waals surface area contributed by atoms with Crippen molar-refractivity contribution in [2.24, 2.45) is 0 Å². The van der Waals surface area contributed by atoms with E-state index in [2.05, 4.69) is 9.88 Å². The number of fused-ring (bicyclic) bond motifs is 4. The van der Waals surface area contributed by atoms with Crippen LogP contribution in [-0.4, -0.2) is 76.4 Å². The SMILES string of the molecule is COC(=O)[C@H]1C[C@@]2(n3cc(CCNC(=O)OC(C)(C)C)c4ccccc43)c3ccccc3N(C(=O)OC(C)(C)C)[C@H]2N1C(=O)OC(C)(C)C. The Hall–Kier alpha value is -4.74. The Kier molecular flexibility index (Phi) is 9.16. The van der Waals surface area contributed by atoms with Crippen LogP contribution in [0.5, 0.6) is 0 Å². The van der Waals surface area contributed by atoms with Gasteiger partial charge < -0.3 is 28.8 Å². The number of amides is 3. The molecule has 1 N–H and O–H groups in total. The number of esters is 1. The molecule has 264 valence electrons. The quantitative estimate of drug-likeness (QED) is 0.233. The molecule has 5 rings (SSSR count). The van der Waals surface area contributed by atoms with Crippen LogP contribution in [0.2, 0.25) is 0 Å². The highest BCUT2D eigenvalue weighted by Crippen LogP contribution is 2.57. The summed E-state index contributed by atoms with van der Waals surface area (Å²) in [7, 11) is 1.27. The van der Waals surface area contributed by atoms with Gasteiger partial charge in [0, 0.05) is 35.6 Å². The molecule has 12 heteroatoms. The largest absolute Gasteiger partial charge is 0.467 e. The zero-order valence-electron chi connectivity index (χ0n) is 30.1. The van der Waals surface area contributed by atoms with Gasteiger partial charge in [-0.25, -0.2) is 19.2 Å². The lowest BCUT2D eigenvalue weighted by atomic mass is 9.86. The highest BCUT2D eigenvalue weighted by Gasteiger charge is 2.67. The van der Waals surface area contributed by atoms with E-state index < -0.39 is 58.8 Å². The molecule has 12 nitrogen and oxygen atoms in total. The van der Waals surface area contributed by atoms with Crippen LogP contribution in [0, 0.1) is 0 Å². The zero-order valence-corrected chi connectivity index (χ0v) is 30.1. The molecule has 0 unspecified atom stereocenters. The topological polar surface area (TPSA) is 129 Å². The van der Waals surface area contributed by atoms with E-state index in [4.69, 9.17) is 18.9 Å². The molecular weight excluding hydrogens is 628 g/mol. The number of methoxy groups -OCH3 is 1. The van der Waals surface area contributed by atoms with Crippen molar-refractivity contribution in [3.8, 4) is 0 Å². The second kappa shape index (κ2) is 12.6. The molecule has 1 aromatic heterocycles. The van der Waals surface area contributed by atoms with Crippen LogP contribution in [0.1, 0.15) is 79.9 Å². The van der Waals surface area contributed by atoms with Crippen LogP contribution in [0.4, 0.5) is 20.1 Å². The summed E-state index contributed by atoms with van der Waals surface area (Å²) in [6.45, 7) is 16.3. The molecular formula is C37H48N4O8. The van der Waals surface area contributed by atoms with Crippen LogP contribution < -0.4 is 10.2 Å². The number of benzene rings is 2. The number of nitrogens with zero attached hydrogens (tertiary/aromatic N) is 3. The third-order valence-electron chi connectivity index (χ3n) is 8.36. The molecule has 2 aliphatic rings. The molecule has 0 radical (unpaired) electrons. The molecule has 0 saturated carbocycles. The van der Waals surface area contributed by atoms with Gasteiger partial charge in [-0.3, -0.25) is 9.80 Å². The van der Waals surface area contributed by atoms with Gasteiger partial charge in [0.25, 0.3) is 0 Å². The number of likely N-dealkylation sites (tertiary alicyclic amines) is 1. The molecule has 0 aliphatic carbocycles. The van der Waals surface area contributed by atoms with Crippen molar-refractivity contribution in [2.75, 3.05) is 18.6 Å². The molecule has 2 aromatic carbocycles. The molecule has 2 aliphatic heterocycles. The second-order valence-electron chi connectivity index (χ2n) is 15.5. The van der Waals surface area contributed by atoms with Gasteiger partial charge in [-0.05, 0) is 86.4 Å². The first-order valence-corrected chi connectivity index (χ1v) is 16.5. The number of alkyl carbamates (subject to hydrolysis) is 1. The third-order valence-corrected chi connectivity index (χ3v) is 8.36. The molecule has 1 fully saturated rings. The normalized spacial score (nSPS) is 20.4. The monoisotopic (exact) mass is 676 g/mol. The number of hydrogen-bond donors (Lipinski definition) is 1. The van der Waals surface area contributed by atoms with Gasteiger partial charge in [0.2, 0.25) is 0 Å². The van der Waals surface area contributed by atoms with E-state index in [9.17, 15) is 19.2 Å². The van der Waals surface area contributed by atoms with Gasteiger partial charge in [0.05, 0.1) is 12.8 Å². The summed E-state index contributed by atoms with van der Waals surface area (Å²) in [5.74, 6) is -0.639. The van der Waals surface area contributed by atoms with Crippen molar-refractivity contribution in [3.05, 3.63) is 65.9 Å². The summed E-state index contributed by atoms with van der Waals surface area (Å²) in [6, 6.07) is 14.1. The number of rotatable bonds is 5. The lowest BCUT2D eigenvalue weighted by molar-refractivity contribution is -0.146. The maximum atomic E-state index is 14.3. The molecule has 3 heterocycles. The highest BCUT2D eigenvalue weighted by atomic mass is 16.6. The van der Waals surface area contributed by atoms with Crippen LogP contribution in [-0.2, 0) is 35.7 Å². The Labute approximate surface area is 287 Å². The van der Waals surface area contributed by atoms with Gasteiger partial charge >= 0.3 is 24.2 Å². The van der Waals surface area contributed by atoms with Crippen LogP contribution >= 0.6 is 0 Å². The van der Waals surface area contributed by atoms with E-state index in [0.29, 0.717) is 18.7 Å². The van der Waals surface area contributed by atoms with Crippen LogP contribution in [0.3, 0.4) is 0 Å². The van der Waals surface area contributed by atoms with Crippen molar-refractivity contribution in [2.45, 2.75) is 110 Å². The van der Waals surface area contributed by atoms with Crippen molar-refractivity contribution in [1.82, 2.24) is 14.8 Å². The summed E-state index contributed by atoms with van der Waals surface area (Å²) in [5.41, 5.74) is -0.575. The summed E-state index contributed by atoms with van der Waals surface area (Å²) in [4.78, 5) is 57.4. The fraction of sp³-hybridized carbons (Fsp3) is 0.514. The molecule has 3 atom stereocenters. The number of carbonyl (C=O) groups is 4. The first kappa shape index (κ1) is 35.6. The van der Waals surface area contributed by atoms with Crippen LogP contribution in [0.25, 0.3) is 10.9 Å². The minimum atomic E-state index is -1.18. The van der Waals surface area contributed by atoms with E-state index >= 15 is 0 Å². The average Bonchev–Trinajstić information content (AvgIpc) is 3.60. The van der Waals surface area contributed by atoms with E-state index in [1.165, 1.54) is 16.9 Å². The molecule has 1 saturated heterocycles. The Morgan fingerprint density at radius 2 is 1.41 bits per heavy atom. The van der Waals surface area contributed by atoms with Gasteiger partial charge in [-0.2, -0.15) is 0 Å². The predicted octanol–water partition coefficient (Wildman–Crippen LogP) is 6.72. The van der Waals surface area contributed by atoms with Crippen LogP contribution in [0.15, 0.2) is 54.7 Å². The molecule has 49 heavy (non-hydrogen) atoms. The van der Waals surface area contributed by atoms with Crippen molar-refractivity contribution >= 4 is 40.8 Å². The molecule has 0 spiro atoms. The highest BCUT2D eigenvalue weighted by molar-refractivity contribution is 5.96. The van der Waals surface area contributed by atoms with Crippen molar-refractivity contribution in [1.29, 1.82) is 0 Å². The number of carbonyl (C=O) groups excluding carboxylic acids is 4. The Bertz CT molecular complexity index is 1760. The summed E-state index contributed by atoms with van der Waals surface area (Å²) < 4.78 is 24.6. The first-order chi connectivity index (χ1) is 22.8. The van der Waals surface area contributed by atoms with Crippen molar-refractivity contribution < 1.29 is 38.1 Å². The second-order valence-corrected chi connectivity index (χ2v) is 15.5. The number of ether oxygens (including phenoxy) is 4. The molecule has 0 bridgehead atoms. The summed E-state index contributed by atoms with van der Waals surface area (Å²) in [6.07, 6.45) is -0.524. The maximum absolute atomic E-state index is 14.3. The van der Waals surface area contributed by atoms with Gasteiger partial charge in [-0.15, -0.1) is 0 Å². The lowest BCUT2D eigenvalue weighted by Crippen LogP contribution is -2.59. The molecule has 3 amide bonds. The summed E-state index contributed by atoms with van der Waals surface area (Å²) >= 11 is 0. The number of para-hydroxylation sites is 2. The van der Waals surface area contributed by atoms with Gasteiger partial charge in [-0.1, -0.05) is 36.4 Å². The van der Waals surface area contributed by atoms with Gasteiger partial charge in [0.15, 0.2) is 0 Å². The van der Waals surface area contributed by atoms with E-state index in [0.717, 1.165) is 22.0 Å². The number of aromatic nitrogens is 1. The Morgan fingerprint density at radius 3 is 2.04 bits per heavy atom. The minimum absolute atomic E-state index is 0.0775. The minimum Gasteiger partial charge on any atom is -0.467 e. The third kappa shape index (κ3) is 6.91. The predicted molar refractivity (Wildman–Crippen MR) is 184 cm³/mol. The lowest BCUT2D eigenvalue weighted by Gasteiger charge is -2.39. The fourth-order valence-corrected chi connectivity index (χ4v) is 6.80. The van der Waals surface area contributed by atoms with E-state index in [1.807, 2.05) is 54.7 Å². The number of hydrogen-bond acceptors (Lipinski definition) is 8. The number of anilines is 1. The number of nitrogens with one attached hydrogen (secondary N) is 1. The Morgan fingerprint density at radius 1 is 0.816 bits per heavy atom. The first-order valence-electron chi connectivity index (χ1n) is 16.5. The van der Waals surface area contributed by atoms with Crippen molar-refractivity contribution in [3.63, 3.8) is 0 Å². The van der Waals surface area contributed by atoms with Gasteiger partial charge in [0.1, 0.15) is 34.5 Å². The van der Waals surface area contributed by atoms with E-state index in [-0.39, 0.29) is 6.42 Å².